The van der Waals surface area contributed by atoms with Crippen molar-refractivity contribution in [1.29, 1.82) is 0 Å². The van der Waals surface area contributed by atoms with Crippen LogP contribution in [0.4, 0.5) is 0 Å². The van der Waals surface area contributed by atoms with Crippen molar-refractivity contribution in [3.63, 3.8) is 0 Å². The Kier molecular flexibility index (Phi) is 6.28. The third-order valence-corrected chi connectivity index (χ3v) is 7.64. The van der Waals surface area contributed by atoms with Gasteiger partial charge in [0, 0.05) is 36.0 Å². The Balaban J connectivity index is 1.34. The molecule has 1 aliphatic heterocycles. The van der Waals surface area contributed by atoms with Gasteiger partial charge in [0.25, 0.3) is 5.91 Å². The number of carbonyl (C=O) groups is 1. The SMILES string of the molecule is COc1ccc(-c2cc(=O)oc3c(C)c(OCC(=O)N4CC[C@]5(O)CCCC[C@H]5C4)ccc23)cc1. The quantitative estimate of drug-likeness (QED) is 0.551. The lowest BCUT2D eigenvalue weighted by molar-refractivity contribution is -0.145. The van der Waals surface area contributed by atoms with Crippen molar-refractivity contribution in [2.45, 2.75) is 44.6 Å². The van der Waals surface area contributed by atoms with E-state index in [-0.39, 0.29) is 18.4 Å². The summed E-state index contributed by atoms with van der Waals surface area (Å²) in [6.45, 7) is 2.85. The molecule has 1 saturated heterocycles. The van der Waals surface area contributed by atoms with Gasteiger partial charge >= 0.3 is 5.63 Å². The zero-order valence-corrected chi connectivity index (χ0v) is 20.2. The van der Waals surface area contributed by atoms with Gasteiger partial charge in [-0.25, -0.2) is 4.79 Å². The minimum absolute atomic E-state index is 0.0921. The molecule has 1 amide bonds. The highest BCUT2D eigenvalue weighted by atomic mass is 16.5. The molecular formula is C28H31NO6. The predicted molar refractivity (Wildman–Crippen MR) is 133 cm³/mol. The van der Waals surface area contributed by atoms with Gasteiger partial charge in [-0.2, -0.15) is 0 Å². The molecule has 0 spiro atoms. The lowest BCUT2D eigenvalue weighted by atomic mass is 9.71. The fourth-order valence-electron chi connectivity index (χ4n) is 5.54. The molecule has 2 atom stereocenters. The number of amides is 1. The number of rotatable bonds is 5. The Morgan fingerprint density at radius 1 is 1.17 bits per heavy atom. The standard InChI is InChI=1S/C28H31NO6/c1-18-24(34-17-25(30)29-14-13-28(32)12-4-3-5-20(28)16-29)11-10-22-23(15-26(31)35-27(18)22)19-6-8-21(33-2)9-7-19/h6-11,15,20,32H,3-5,12-14,16-17H2,1-2H3/t20-,28+/m0/s1. The van der Waals surface area contributed by atoms with Crippen molar-refractivity contribution < 1.29 is 23.8 Å². The van der Waals surface area contributed by atoms with Crippen LogP contribution in [-0.4, -0.2) is 48.3 Å². The second-order valence-electron chi connectivity index (χ2n) is 9.70. The topological polar surface area (TPSA) is 89.2 Å². The molecular weight excluding hydrogens is 446 g/mol. The number of carbonyl (C=O) groups excluding carboxylic acids is 1. The highest BCUT2D eigenvalue weighted by Crippen LogP contribution is 2.40. The normalized spacial score (nSPS) is 22.0. The molecule has 2 aliphatic rings. The molecule has 7 heteroatoms. The summed E-state index contributed by atoms with van der Waals surface area (Å²) in [5.41, 5.74) is 1.68. The molecule has 1 N–H and O–H groups in total. The Morgan fingerprint density at radius 2 is 1.97 bits per heavy atom. The summed E-state index contributed by atoms with van der Waals surface area (Å²) in [6, 6.07) is 12.6. The minimum Gasteiger partial charge on any atom is -0.497 e. The molecule has 2 fully saturated rings. The number of aliphatic hydroxyl groups is 1. The molecule has 0 unspecified atom stereocenters. The van der Waals surface area contributed by atoms with Gasteiger partial charge in [-0.1, -0.05) is 25.0 Å². The van der Waals surface area contributed by atoms with Gasteiger partial charge in [-0.15, -0.1) is 0 Å². The highest BCUT2D eigenvalue weighted by Gasteiger charge is 2.43. The molecule has 0 bridgehead atoms. The van der Waals surface area contributed by atoms with E-state index < -0.39 is 11.2 Å². The molecule has 1 aromatic heterocycles. The molecule has 3 aromatic rings. The monoisotopic (exact) mass is 477 g/mol. The number of likely N-dealkylation sites (tertiary alicyclic amines) is 1. The van der Waals surface area contributed by atoms with E-state index in [1.165, 1.54) is 6.07 Å². The van der Waals surface area contributed by atoms with Crippen molar-refractivity contribution in [3.8, 4) is 22.6 Å². The summed E-state index contributed by atoms with van der Waals surface area (Å²) in [6.07, 6.45) is 4.57. The fourth-order valence-corrected chi connectivity index (χ4v) is 5.54. The van der Waals surface area contributed by atoms with Crippen LogP contribution in [0.5, 0.6) is 11.5 Å². The number of hydrogen-bond donors (Lipinski definition) is 1. The molecule has 1 aliphatic carbocycles. The zero-order valence-electron chi connectivity index (χ0n) is 20.2. The summed E-state index contributed by atoms with van der Waals surface area (Å²) in [5, 5.41) is 11.7. The van der Waals surface area contributed by atoms with Gasteiger partial charge in [0.05, 0.1) is 12.7 Å². The van der Waals surface area contributed by atoms with Crippen LogP contribution < -0.4 is 15.1 Å². The first kappa shape index (κ1) is 23.4. The molecule has 7 nitrogen and oxygen atoms in total. The molecule has 0 radical (unpaired) electrons. The van der Waals surface area contributed by atoms with Crippen LogP contribution in [0.15, 0.2) is 51.7 Å². The van der Waals surface area contributed by atoms with E-state index in [0.717, 1.165) is 47.9 Å². The maximum absolute atomic E-state index is 12.9. The molecule has 5 rings (SSSR count). The first-order chi connectivity index (χ1) is 16.9. The maximum Gasteiger partial charge on any atom is 0.336 e. The van der Waals surface area contributed by atoms with Crippen LogP contribution in [0.2, 0.25) is 0 Å². The number of piperidine rings is 1. The van der Waals surface area contributed by atoms with Crippen molar-refractivity contribution in [2.24, 2.45) is 5.92 Å². The third-order valence-electron chi connectivity index (χ3n) is 7.64. The van der Waals surface area contributed by atoms with Gasteiger partial charge in [0.15, 0.2) is 6.61 Å². The number of nitrogens with zero attached hydrogens (tertiary/aromatic N) is 1. The fraction of sp³-hybridized carbons (Fsp3) is 0.429. The number of fused-ring (bicyclic) bond motifs is 2. The summed E-state index contributed by atoms with van der Waals surface area (Å²) < 4.78 is 16.7. The zero-order chi connectivity index (χ0) is 24.6. The summed E-state index contributed by atoms with van der Waals surface area (Å²) in [7, 11) is 1.61. The predicted octanol–water partition coefficient (Wildman–Crippen LogP) is 4.31. The van der Waals surface area contributed by atoms with E-state index in [0.29, 0.717) is 36.4 Å². The number of benzene rings is 2. The molecule has 184 valence electrons. The van der Waals surface area contributed by atoms with E-state index in [9.17, 15) is 14.7 Å². The second kappa shape index (κ2) is 9.38. The number of hydrogen-bond acceptors (Lipinski definition) is 6. The Labute approximate surface area is 204 Å². The van der Waals surface area contributed by atoms with Crippen LogP contribution in [0, 0.1) is 12.8 Å². The van der Waals surface area contributed by atoms with E-state index in [2.05, 4.69) is 0 Å². The summed E-state index contributed by atoms with van der Waals surface area (Å²) >= 11 is 0. The van der Waals surface area contributed by atoms with E-state index >= 15 is 0 Å². The average molecular weight is 478 g/mol. The molecule has 1 saturated carbocycles. The maximum atomic E-state index is 12.9. The van der Waals surface area contributed by atoms with Gasteiger partial charge in [0.2, 0.25) is 0 Å². The number of aryl methyl sites for hydroxylation is 1. The molecule has 2 aromatic carbocycles. The number of methoxy groups -OCH3 is 1. The van der Waals surface area contributed by atoms with Crippen molar-refractivity contribution in [3.05, 3.63) is 58.4 Å². The number of ether oxygens (including phenoxy) is 2. The van der Waals surface area contributed by atoms with Crippen LogP contribution in [0.25, 0.3) is 22.1 Å². The van der Waals surface area contributed by atoms with E-state index in [1.54, 1.807) is 7.11 Å². The van der Waals surface area contributed by atoms with Crippen LogP contribution >= 0.6 is 0 Å². The lowest BCUT2D eigenvalue weighted by Gasteiger charge is -2.47. The van der Waals surface area contributed by atoms with E-state index in [1.807, 2.05) is 48.2 Å². The summed E-state index contributed by atoms with van der Waals surface area (Å²) in [5.74, 6) is 1.29. The van der Waals surface area contributed by atoms with Gasteiger partial charge in [-0.3, -0.25) is 4.79 Å². The highest BCUT2D eigenvalue weighted by molar-refractivity contribution is 5.95. The first-order valence-corrected chi connectivity index (χ1v) is 12.2. The van der Waals surface area contributed by atoms with Gasteiger partial charge in [0.1, 0.15) is 17.1 Å². The largest absolute Gasteiger partial charge is 0.497 e. The second-order valence-corrected chi connectivity index (χ2v) is 9.70. The van der Waals surface area contributed by atoms with Gasteiger partial charge < -0.3 is 23.9 Å². The van der Waals surface area contributed by atoms with Crippen LogP contribution in [0.3, 0.4) is 0 Å². The lowest BCUT2D eigenvalue weighted by Crippen LogP contribution is -2.55. The minimum atomic E-state index is -0.621. The van der Waals surface area contributed by atoms with Crippen molar-refractivity contribution >= 4 is 16.9 Å². The molecule has 2 heterocycles. The van der Waals surface area contributed by atoms with Crippen molar-refractivity contribution in [1.82, 2.24) is 4.90 Å². The first-order valence-electron chi connectivity index (χ1n) is 12.2. The van der Waals surface area contributed by atoms with Crippen LogP contribution in [-0.2, 0) is 4.79 Å². The van der Waals surface area contributed by atoms with Crippen molar-refractivity contribution in [2.75, 3.05) is 26.8 Å². The summed E-state index contributed by atoms with van der Waals surface area (Å²) in [4.78, 5) is 27.1. The van der Waals surface area contributed by atoms with E-state index in [4.69, 9.17) is 13.9 Å². The van der Waals surface area contributed by atoms with Crippen LogP contribution in [0.1, 0.15) is 37.7 Å². The molecule has 35 heavy (non-hydrogen) atoms. The third kappa shape index (κ3) is 4.52. The average Bonchev–Trinajstić information content (AvgIpc) is 2.87. The smallest absolute Gasteiger partial charge is 0.336 e. The Hall–Kier alpha value is -3.32. The Bertz CT molecular complexity index is 1300. The Morgan fingerprint density at radius 3 is 2.74 bits per heavy atom. The van der Waals surface area contributed by atoms with Gasteiger partial charge in [-0.05, 0) is 61.6 Å².